The third kappa shape index (κ3) is 8.01. The van der Waals surface area contributed by atoms with Gasteiger partial charge in [0.15, 0.2) is 5.96 Å². The maximum absolute atomic E-state index is 10.5. The second-order valence-electron chi connectivity index (χ2n) is 6.84. The van der Waals surface area contributed by atoms with Crippen LogP contribution in [0.3, 0.4) is 0 Å². The molecule has 3 N–H and O–H groups in total. The highest BCUT2D eigenvalue weighted by atomic mass is 16.5. The Morgan fingerprint density at radius 3 is 2.89 bits per heavy atom. The summed E-state index contributed by atoms with van der Waals surface area (Å²) in [6, 6.07) is 7.56. The number of hydrogen-bond donors (Lipinski definition) is 3. The SMILES string of the molecule is CCNC(=NCC(O)c1cccc(OC(C)C)c1)NCCC1=CCOCC1. The molecule has 1 aliphatic rings. The van der Waals surface area contributed by atoms with Crippen LogP contribution in [0.15, 0.2) is 40.9 Å². The van der Waals surface area contributed by atoms with Crippen molar-refractivity contribution in [2.75, 3.05) is 32.8 Å². The van der Waals surface area contributed by atoms with Gasteiger partial charge in [-0.15, -0.1) is 0 Å². The number of ether oxygens (including phenoxy) is 2. The van der Waals surface area contributed by atoms with Crippen LogP contribution in [0.25, 0.3) is 0 Å². The van der Waals surface area contributed by atoms with Crippen molar-refractivity contribution in [3.8, 4) is 5.75 Å². The van der Waals surface area contributed by atoms with E-state index in [4.69, 9.17) is 9.47 Å². The summed E-state index contributed by atoms with van der Waals surface area (Å²) in [4.78, 5) is 4.52. The van der Waals surface area contributed by atoms with E-state index in [1.165, 1.54) is 5.57 Å². The molecule has 27 heavy (non-hydrogen) atoms. The van der Waals surface area contributed by atoms with E-state index in [0.717, 1.165) is 56.4 Å². The molecule has 0 amide bonds. The van der Waals surface area contributed by atoms with Gasteiger partial charge in [-0.05, 0) is 51.3 Å². The highest BCUT2D eigenvalue weighted by molar-refractivity contribution is 5.79. The highest BCUT2D eigenvalue weighted by Gasteiger charge is 2.10. The Morgan fingerprint density at radius 1 is 1.33 bits per heavy atom. The number of nitrogens with zero attached hydrogens (tertiary/aromatic N) is 1. The number of hydrogen-bond acceptors (Lipinski definition) is 4. The number of benzene rings is 1. The first-order valence-corrected chi connectivity index (χ1v) is 9.81. The molecule has 0 aliphatic carbocycles. The molecule has 1 atom stereocenters. The molecule has 6 nitrogen and oxygen atoms in total. The minimum atomic E-state index is -0.672. The van der Waals surface area contributed by atoms with Crippen LogP contribution >= 0.6 is 0 Å². The minimum Gasteiger partial charge on any atom is -0.491 e. The van der Waals surface area contributed by atoms with E-state index in [1.54, 1.807) is 0 Å². The van der Waals surface area contributed by atoms with Crippen molar-refractivity contribution < 1.29 is 14.6 Å². The Balaban J connectivity index is 1.87. The minimum absolute atomic E-state index is 0.103. The predicted octanol–water partition coefficient (Wildman–Crippen LogP) is 2.80. The van der Waals surface area contributed by atoms with Crippen molar-refractivity contribution in [3.05, 3.63) is 41.5 Å². The van der Waals surface area contributed by atoms with E-state index in [9.17, 15) is 5.11 Å². The van der Waals surface area contributed by atoms with Crippen LogP contribution in [0.4, 0.5) is 0 Å². The molecule has 0 bridgehead atoms. The molecule has 0 radical (unpaired) electrons. The largest absolute Gasteiger partial charge is 0.491 e. The summed E-state index contributed by atoms with van der Waals surface area (Å²) in [6.07, 6.45) is 3.57. The molecule has 1 heterocycles. The van der Waals surface area contributed by atoms with Crippen molar-refractivity contribution in [1.82, 2.24) is 10.6 Å². The van der Waals surface area contributed by atoms with Crippen LogP contribution < -0.4 is 15.4 Å². The summed E-state index contributed by atoms with van der Waals surface area (Å²) in [7, 11) is 0. The van der Waals surface area contributed by atoms with Crippen LogP contribution in [-0.2, 0) is 4.74 Å². The van der Waals surface area contributed by atoms with E-state index >= 15 is 0 Å². The average molecular weight is 376 g/mol. The van der Waals surface area contributed by atoms with Crippen LogP contribution in [0.5, 0.6) is 5.75 Å². The van der Waals surface area contributed by atoms with Gasteiger partial charge in [-0.1, -0.05) is 23.8 Å². The zero-order valence-electron chi connectivity index (χ0n) is 16.7. The molecular weight excluding hydrogens is 342 g/mol. The maximum atomic E-state index is 10.5. The molecule has 0 spiro atoms. The van der Waals surface area contributed by atoms with Gasteiger partial charge in [0.2, 0.25) is 0 Å². The second kappa shape index (κ2) is 11.6. The molecule has 150 valence electrons. The topological polar surface area (TPSA) is 75.1 Å². The summed E-state index contributed by atoms with van der Waals surface area (Å²) >= 11 is 0. The Kier molecular flexibility index (Phi) is 9.15. The van der Waals surface area contributed by atoms with Crippen LogP contribution in [-0.4, -0.2) is 50.0 Å². The van der Waals surface area contributed by atoms with Crippen molar-refractivity contribution in [3.63, 3.8) is 0 Å². The van der Waals surface area contributed by atoms with Gasteiger partial charge in [0.05, 0.1) is 32.0 Å². The molecular formula is C21H33N3O3. The van der Waals surface area contributed by atoms with Crippen LogP contribution in [0.1, 0.15) is 45.3 Å². The summed E-state index contributed by atoms with van der Waals surface area (Å²) in [5, 5.41) is 17.0. The van der Waals surface area contributed by atoms with Gasteiger partial charge in [-0.25, -0.2) is 0 Å². The normalized spacial score (nSPS) is 16.0. The fraction of sp³-hybridized carbons (Fsp3) is 0.571. The van der Waals surface area contributed by atoms with Crippen molar-refractivity contribution >= 4 is 5.96 Å². The standard InChI is InChI=1S/C21H33N3O3/c1-4-22-21(23-11-8-17-9-12-26-13-10-17)24-15-20(25)18-6-5-7-19(14-18)27-16(2)3/h5-7,9,14,16,20,25H,4,8,10-13,15H2,1-3H3,(H2,22,23,24). The third-order valence-corrected chi connectivity index (χ3v) is 4.18. The Labute approximate surface area is 162 Å². The lowest BCUT2D eigenvalue weighted by atomic mass is 10.1. The van der Waals surface area contributed by atoms with Gasteiger partial charge in [-0.2, -0.15) is 0 Å². The predicted molar refractivity (Wildman–Crippen MR) is 109 cm³/mol. The molecule has 1 aliphatic heterocycles. The maximum Gasteiger partial charge on any atom is 0.191 e. The molecule has 6 heteroatoms. The van der Waals surface area contributed by atoms with Crippen molar-refractivity contribution in [2.24, 2.45) is 4.99 Å². The van der Waals surface area contributed by atoms with Gasteiger partial charge in [-0.3, -0.25) is 4.99 Å². The number of aliphatic imine (C=N–C) groups is 1. The fourth-order valence-corrected chi connectivity index (χ4v) is 2.83. The van der Waals surface area contributed by atoms with Gasteiger partial charge < -0.3 is 25.2 Å². The molecule has 1 unspecified atom stereocenters. The summed E-state index contributed by atoms with van der Waals surface area (Å²) in [6.45, 7) is 9.40. The monoisotopic (exact) mass is 375 g/mol. The molecule has 0 saturated heterocycles. The summed E-state index contributed by atoms with van der Waals surface area (Å²) in [5.74, 6) is 1.49. The summed E-state index contributed by atoms with van der Waals surface area (Å²) < 4.78 is 11.0. The number of aliphatic hydroxyl groups excluding tert-OH is 1. The van der Waals surface area contributed by atoms with E-state index < -0.39 is 6.10 Å². The molecule has 1 aromatic rings. The molecule has 0 fully saturated rings. The fourth-order valence-electron chi connectivity index (χ4n) is 2.83. The zero-order valence-corrected chi connectivity index (χ0v) is 16.7. The lowest BCUT2D eigenvalue weighted by Crippen LogP contribution is -2.38. The first-order valence-electron chi connectivity index (χ1n) is 9.81. The molecule has 1 aromatic carbocycles. The van der Waals surface area contributed by atoms with Gasteiger partial charge in [0.25, 0.3) is 0 Å². The first kappa shape index (κ1) is 21.3. The van der Waals surface area contributed by atoms with Crippen molar-refractivity contribution in [2.45, 2.75) is 45.8 Å². The van der Waals surface area contributed by atoms with E-state index in [2.05, 4.69) is 21.7 Å². The Morgan fingerprint density at radius 2 is 2.19 bits per heavy atom. The number of nitrogens with one attached hydrogen (secondary N) is 2. The lowest BCUT2D eigenvalue weighted by molar-refractivity contribution is 0.153. The van der Waals surface area contributed by atoms with Gasteiger partial charge in [0, 0.05) is 13.1 Å². The Bertz CT molecular complexity index is 629. The second-order valence-corrected chi connectivity index (χ2v) is 6.84. The number of guanidine groups is 1. The summed E-state index contributed by atoms with van der Waals surface area (Å²) in [5.41, 5.74) is 2.23. The van der Waals surface area contributed by atoms with E-state index in [-0.39, 0.29) is 12.6 Å². The van der Waals surface area contributed by atoms with E-state index in [1.807, 2.05) is 45.0 Å². The first-order chi connectivity index (χ1) is 13.1. The smallest absolute Gasteiger partial charge is 0.191 e. The number of aliphatic hydroxyl groups is 1. The molecule has 0 saturated carbocycles. The van der Waals surface area contributed by atoms with Crippen LogP contribution in [0.2, 0.25) is 0 Å². The molecule has 0 aromatic heterocycles. The quantitative estimate of drug-likeness (QED) is 0.352. The average Bonchev–Trinajstić information content (AvgIpc) is 2.66. The highest BCUT2D eigenvalue weighted by Crippen LogP contribution is 2.20. The Hall–Kier alpha value is -2.05. The third-order valence-electron chi connectivity index (χ3n) is 4.18. The van der Waals surface area contributed by atoms with Gasteiger partial charge in [0.1, 0.15) is 5.75 Å². The van der Waals surface area contributed by atoms with Crippen LogP contribution in [0, 0.1) is 0 Å². The van der Waals surface area contributed by atoms with Crippen molar-refractivity contribution in [1.29, 1.82) is 0 Å². The molecule has 2 rings (SSSR count). The lowest BCUT2D eigenvalue weighted by Gasteiger charge is -2.16. The van der Waals surface area contributed by atoms with E-state index in [0.29, 0.717) is 0 Å². The van der Waals surface area contributed by atoms with Gasteiger partial charge >= 0.3 is 0 Å². The number of rotatable bonds is 9. The zero-order chi connectivity index (χ0) is 19.5.